The molecule has 6 nitrogen and oxygen atoms in total. The van der Waals surface area contributed by atoms with E-state index >= 15 is 0 Å². The van der Waals surface area contributed by atoms with Crippen molar-refractivity contribution in [2.45, 2.75) is 24.3 Å². The summed E-state index contributed by atoms with van der Waals surface area (Å²) in [5.74, 6) is -0.414. The van der Waals surface area contributed by atoms with Crippen LogP contribution in [0.3, 0.4) is 0 Å². The van der Waals surface area contributed by atoms with Crippen LogP contribution >= 0.6 is 0 Å². The van der Waals surface area contributed by atoms with Crippen molar-refractivity contribution >= 4 is 27.5 Å². The van der Waals surface area contributed by atoms with Crippen molar-refractivity contribution in [3.8, 4) is 0 Å². The quantitative estimate of drug-likeness (QED) is 0.818. The molecule has 102 valence electrons. The Labute approximate surface area is 111 Å². The third kappa shape index (κ3) is 2.33. The van der Waals surface area contributed by atoms with E-state index in [2.05, 4.69) is 5.32 Å². The molecular formula is C12H14N2O4S. The Hall–Kier alpha value is -1.89. The monoisotopic (exact) mass is 282 g/mol. The summed E-state index contributed by atoms with van der Waals surface area (Å²) in [6, 6.07) is 5.20. The molecule has 19 heavy (non-hydrogen) atoms. The lowest BCUT2D eigenvalue weighted by atomic mass is 10.1. The van der Waals surface area contributed by atoms with Gasteiger partial charge in [-0.2, -0.15) is 0 Å². The fourth-order valence-electron chi connectivity index (χ4n) is 1.84. The maximum Gasteiger partial charge on any atom is 0.329 e. The zero-order valence-corrected chi connectivity index (χ0v) is 11.6. The number of nitrogens with zero attached hydrogens (tertiary/aromatic N) is 1. The van der Waals surface area contributed by atoms with E-state index in [-0.39, 0.29) is 10.6 Å². The molecule has 0 aliphatic carbocycles. The van der Waals surface area contributed by atoms with E-state index in [9.17, 15) is 18.0 Å². The van der Waals surface area contributed by atoms with Gasteiger partial charge in [0.1, 0.15) is 5.54 Å². The summed E-state index contributed by atoms with van der Waals surface area (Å²) < 4.78 is 23.0. The second kappa shape index (κ2) is 4.06. The molecule has 0 radical (unpaired) electrons. The van der Waals surface area contributed by atoms with E-state index in [4.69, 9.17) is 0 Å². The van der Waals surface area contributed by atoms with E-state index in [0.29, 0.717) is 0 Å². The predicted octanol–water partition coefficient (Wildman–Crippen LogP) is 0.925. The first-order valence-corrected chi connectivity index (χ1v) is 7.49. The van der Waals surface area contributed by atoms with Gasteiger partial charge < -0.3 is 5.32 Å². The molecule has 2 rings (SSSR count). The summed E-state index contributed by atoms with van der Waals surface area (Å²) in [6.07, 6.45) is 1.07. The first kappa shape index (κ1) is 13.5. The van der Waals surface area contributed by atoms with Gasteiger partial charge >= 0.3 is 6.03 Å². The maximum atomic E-state index is 12.1. The number of nitrogens with one attached hydrogen (secondary N) is 1. The lowest BCUT2D eigenvalue weighted by molar-refractivity contribution is -0.121. The molecule has 1 aromatic rings. The molecule has 3 amide bonds. The zero-order valence-electron chi connectivity index (χ0n) is 10.8. The van der Waals surface area contributed by atoms with Gasteiger partial charge in [0.25, 0.3) is 5.91 Å². The number of anilines is 1. The van der Waals surface area contributed by atoms with Crippen LogP contribution in [0.25, 0.3) is 0 Å². The largest absolute Gasteiger partial charge is 0.329 e. The minimum absolute atomic E-state index is 0.0651. The minimum Gasteiger partial charge on any atom is -0.323 e. The highest BCUT2D eigenvalue weighted by Gasteiger charge is 2.45. The number of hydrogen-bond donors (Lipinski definition) is 1. The molecule has 1 fully saturated rings. The van der Waals surface area contributed by atoms with Gasteiger partial charge in [0.05, 0.1) is 10.6 Å². The van der Waals surface area contributed by atoms with E-state index in [1.807, 2.05) is 0 Å². The molecule has 0 aromatic heterocycles. The third-order valence-electron chi connectivity index (χ3n) is 2.86. The second-order valence-electron chi connectivity index (χ2n) is 4.97. The smallest absolute Gasteiger partial charge is 0.323 e. The van der Waals surface area contributed by atoms with Crippen molar-refractivity contribution < 1.29 is 18.0 Å². The highest BCUT2D eigenvalue weighted by molar-refractivity contribution is 7.90. The van der Waals surface area contributed by atoms with Gasteiger partial charge in [0.15, 0.2) is 9.84 Å². The predicted molar refractivity (Wildman–Crippen MR) is 69.6 cm³/mol. The molecule has 0 bridgehead atoms. The number of carbonyl (C=O) groups excluding carboxylic acids is 2. The number of imide groups is 1. The molecule has 1 saturated heterocycles. The van der Waals surface area contributed by atoms with Gasteiger partial charge in [-0.15, -0.1) is 0 Å². The Morgan fingerprint density at radius 2 is 1.84 bits per heavy atom. The molecule has 0 atom stereocenters. The van der Waals surface area contributed by atoms with Gasteiger partial charge in [-0.05, 0) is 32.0 Å². The van der Waals surface area contributed by atoms with Crippen LogP contribution in [-0.2, 0) is 14.6 Å². The number of amides is 3. The molecule has 0 saturated carbocycles. The topological polar surface area (TPSA) is 83.6 Å². The molecule has 1 heterocycles. The van der Waals surface area contributed by atoms with E-state index < -0.39 is 27.3 Å². The minimum atomic E-state index is -3.39. The van der Waals surface area contributed by atoms with E-state index in [0.717, 1.165) is 11.2 Å². The van der Waals surface area contributed by atoms with Crippen molar-refractivity contribution in [2.75, 3.05) is 11.2 Å². The van der Waals surface area contributed by atoms with Gasteiger partial charge in [0.2, 0.25) is 0 Å². The first-order chi connectivity index (χ1) is 8.63. The van der Waals surface area contributed by atoms with E-state index in [1.54, 1.807) is 13.8 Å². The highest BCUT2D eigenvalue weighted by atomic mass is 32.2. The Kier molecular flexibility index (Phi) is 2.89. The zero-order chi connectivity index (χ0) is 14.4. The summed E-state index contributed by atoms with van der Waals surface area (Å²) in [4.78, 5) is 24.9. The fourth-order valence-corrected chi connectivity index (χ4v) is 2.50. The number of urea groups is 1. The van der Waals surface area contributed by atoms with Crippen molar-refractivity contribution in [2.24, 2.45) is 0 Å². The van der Waals surface area contributed by atoms with Crippen LogP contribution in [0.15, 0.2) is 29.2 Å². The number of carbonyl (C=O) groups is 2. The van der Waals surface area contributed by atoms with Crippen LogP contribution in [0.5, 0.6) is 0 Å². The lowest BCUT2D eigenvalue weighted by Gasteiger charge is -2.16. The van der Waals surface area contributed by atoms with Crippen molar-refractivity contribution in [3.05, 3.63) is 24.3 Å². The van der Waals surface area contributed by atoms with Crippen molar-refractivity contribution in [3.63, 3.8) is 0 Å². The second-order valence-corrected chi connectivity index (χ2v) is 6.98. The molecular weight excluding hydrogens is 268 g/mol. The SMILES string of the molecule is CC1(C)NC(=O)N(c2cccc(S(C)(=O)=O)c2)C1=O. The number of benzene rings is 1. The van der Waals surface area contributed by atoms with Crippen molar-refractivity contribution in [1.29, 1.82) is 0 Å². The first-order valence-electron chi connectivity index (χ1n) is 5.60. The number of rotatable bonds is 2. The highest BCUT2D eigenvalue weighted by Crippen LogP contribution is 2.26. The normalized spacial score (nSPS) is 18.6. The van der Waals surface area contributed by atoms with Crippen LogP contribution in [0, 0.1) is 0 Å². The standard InChI is InChI=1S/C12H14N2O4S/c1-12(2)10(15)14(11(16)13-12)8-5-4-6-9(7-8)19(3,17)18/h4-7H,1-3H3,(H,13,16). The number of sulfone groups is 1. The Bertz CT molecular complexity index is 664. The molecule has 0 unspecified atom stereocenters. The summed E-state index contributed by atoms with van der Waals surface area (Å²) in [6.45, 7) is 3.18. The Morgan fingerprint density at radius 1 is 1.21 bits per heavy atom. The van der Waals surface area contributed by atoms with Crippen LogP contribution in [0.4, 0.5) is 10.5 Å². The average Bonchev–Trinajstić information content (AvgIpc) is 2.47. The lowest BCUT2D eigenvalue weighted by Crippen LogP contribution is -2.40. The van der Waals surface area contributed by atoms with E-state index in [1.165, 1.54) is 24.3 Å². The van der Waals surface area contributed by atoms with Gasteiger partial charge in [0, 0.05) is 6.26 Å². The Balaban J connectivity index is 2.49. The third-order valence-corrected chi connectivity index (χ3v) is 3.97. The summed E-state index contributed by atoms with van der Waals surface area (Å²) in [7, 11) is -3.39. The van der Waals surface area contributed by atoms with Crippen molar-refractivity contribution in [1.82, 2.24) is 5.32 Å². The maximum absolute atomic E-state index is 12.1. The summed E-state index contributed by atoms with van der Waals surface area (Å²) >= 11 is 0. The average molecular weight is 282 g/mol. The molecule has 1 N–H and O–H groups in total. The van der Waals surface area contributed by atoms with Crippen LogP contribution in [-0.4, -0.2) is 32.2 Å². The fraction of sp³-hybridized carbons (Fsp3) is 0.333. The summed E-state index contributed by atoms with van der Waals surface area (Å²) in [5.41, 5.74) is -0.742. The van der Waals surface area contributed by atoms with Gasteiger partial charge in [-0.1, -0.05) is 6.07 Å². The molecule has 1 aromatic carbocycles. The molecule has 0 spiro atoms. The molecule has 1 aliphatic heterocycles. The van der Waals surface area contributed by atoms with Gasteiger partial charge in [-0.25, -0.2) is 18.1 Å². The molecule has 7 heteroatoms. The summed E-state index contributed by atoms with van der Waals surface area (Å²) in [5, 5.41) is 2.54. The van der Waals surface area contributed by atoms with Gasteiger partial charge in [-0.3, -0.25) is 4.79 Å². The van der Waals surface area contributed by atoms with Crippen LogP contribution < -0.4 is 10.2 Å². The molecule has 1 aliphatic rings. The van der Waals surface area contributed by atoms with Crippen LogP contribution in [0.2, 0.25) is 0 Å². The van der Waals surface area contributed by atoms with Crippen LogP contribution in [0.1, 0.15) is 13.8 Å². The Morgan fingerprint density at radius 3 is 2.32 bits per heavy atom. The number of hydrogen-bond acceptors (Lipinski definition) is 4.